The van der Waals surface area contributed by atoms with Crippen molar-refractivity contribution in [3.8, 4) is 0 Å². The van der Waals surface area contributed by atoms with Crippen LogP contribution in [0.1, 0.15) is 20.1 Å². The Morgan fingerprint density at radius 2 is 1.57 bits per heavy atom. The molecule has 0 aliphatic carbocycles. The van der Waals surface area contributed by atoms with E-state index in [9.17, 15) is 52.9 Å². The SMILES string of the molecule is CC(=O)[C@@]1(O)[C@@H](COP(=O)(O)OP(=O)(O)OP(=O)(O)O)O[C@@H](n2ccc(=O)[nH]c2=O)[C@@]1(O)C(C)=O. The van der Waals surface area contributed by atoms with Gasteiger partial charge in [0, 0.05) is 12.3 Å². The maximum atomic E-state index is 12.4. The molecule has 1 fully saturated rings. The molecule has 1 aliphatic heterocycles. The van der Waals surface area contributed by atoms with Crippen LogP contribution < -0.4 is 11.2 Å². The molecular formula is C13H19N2O17P3. The van der Waals surface area contributed by atoms with Gasteiger partial charge in [-0.2, -0.15) is 8.62 Å². The number of carbonyl (C=O) groups excluding carboxylic acids is 2. The summed E-state index contributed by atoms with van der Waals surface area (Å²) in [7, 11) is -17.4. The van der Waals surface area contributed by atoms with E-state index in [-0.39, 0.29) is 0 Å². The summed E-state index contributed by atoms with van der Waals surface area (Å²) in [5.74, 6) is -2.70. The van der Waals surface area contributed by atoms with Gasteiger partial charge in [-0.05, 0) is 13.8 Å². The van der Waals surface area contributed by atoms with Crippen molar-refractivity contribution < 1.29 is 71.0 Å². The van der Waals surface area contributed by atoms with Crippen LogP contribution in [0.15, 0.2) is 21.9 Å². The number of nitrogens with one attached hydrogen (secondary N) is 1. The van der Waals surface area contributed by atoms with E-state index in [0.717, 1.165) is 12.3 Å². The molecule has 0 bridgehead atoms. The van der Waals surface area contributed by atoms with Gasteiger partial charge >= 0.3 is 29.2 Å². The first-order chi connectivity index (χ1) is 15.7. The number of nitrogens with zero attached hydrogens (tertiary/aromatic N) is 1. The third kappa shape index (κ3) is 6.00. The highest BCUT2D eigenvalue weighted by atomic mass is 31.3. The van der Waals surface area contributed by atoms with Crippen molar-refractivity contribution in [2.45, 2.75) is 37.4 Å². The number of carbonyl (C=O) groups is 2. The van der Waals surface area contributed by atoms with Gasteiger partial charge in [0.25, 0.3) is 5.56 Å². The predicted octanol–water partition coefficient (Wildman–Crippen LogP) is -2.58. The molecular weight excluding hydrogens is 549 g/mol. The van der Waals surface area contributed by atoms with E-state index in [2.05, 4.69) is 13.1 Å². The predicted molar refractivity (Wildman–Crippen MR) is 106 cm³/mol. The molecule has 0 aromatic carbocycles. The molecule has 35 heavy (non-hydrogen) atoms. The minimum atomic E-state index is -5.91. The molecule has 2 heterocycles. The summed E-state index contributed by atoms with van der Waals surface area (Å²) >= 11 is 0. The molecule has 1 aromatic heterocycles. The fraction of sp³-hybridized carbons (Fsp3) is 0.538. The van der Waals surface area contributed by atoms with Crippen molar-refractivity contribution in [3.05, 3.63) is 33.1 Å². The molecule has 1 aliphatic rings. The summed E-state index contributed by atoms with van der Waals surface area (Å²) in [5, 5.41) is 22.1. The number of H-pyrrole nitrogens is 1. The van der Waals surface area contributed by atoms with Gasteiger partial charge in [0.1, 0.15) is 6.10 Å². The molecule has 22 heteroatoms. The van der Waals surface area contributed by atoms with Crippen LogP contribution in [0.25, 0.3) is 0 Å². The Bertz CT molecular complexity index is 1280. The number of aromatic amines is 1. The minimum Gasteiger partial charge on any atom is -0.376 e. The molecule has 2 unspecified atom stereocenters. The normalized spacial score (nSPS) is 30.4. The number of aromatic nitrogens is 2. The van der Waals surface area contributed by atoms with Crippen molar-refractivity contribution >= 4 is 35.0 Å². The average Bonchev–Trinajstić information content (AvgIpc) is 2.87. The van der Waals surface area contributed by atoms with E-state index in [4.69, 9.17) is 14.5 Å². The van der Waals surface area contributed by atoms with Crippen molar-refractivity contribution in [2.24, 2.45) is 0 Å². The van der Waals surface area contributed by atoms with Crippen LogP contribution in [-0.4, -0.2) is 74.8 Å². The van der Waals surface area contributed by atoms with E-state index in [1.54, 1.807) is 4.98 Å². The van der Waals surface area contributed by atoms with Gasteiger partial charge in [0.15, 0.2) is 23.4 Å². The second-order valence-corrected chi connectivity index (χ2v) is 11.4. The zero-order valence-electron chi connectivity index (χ0n) is 17.5. The molecule has 0 saturated carbocycles. The van der Waals surface area contributed by atoms with Gasteiger partial charge in [-0.1, -0.05) is 0 Å². The Morgan fingerprint density at radius 3 is 2.03 bits per heavy atom. The molecule has 0 spiro atoms. The number of rotatable bonds is 10. The van der Waals surface area contributed by atoms with Crippen LogP contribution in [0, 0.1) is 0 Å². The zero-order chi connectivity index (χ0) is 27.2. The number of phosphoric ester groups is 1. The summed E-state index contributed by atoms with van der Waals surface area (Å²) in [6.45, 7) is -0.0806. The van der Waals surface area contributed by atoms with Crippen LogP contribution >= 0.6 is 23.5 Å². The molecule has 19 nitrogen and oxygen atoms in total. The van der Waals surface area contributed by atoms with Gasteiger partial charge in [0.05, 0.1) is 6.61 Å². The van der Waals surface area contributed by atoms with E-state index in [0.29, 0.717) is 18.4 Å². The average molecular weight is 568 g/mol. The number of Topliss-reactive ketones (excluding diaryl/α,β-unsaturated/α-hetero) is 2. The lowest BCUT2D eigenvalue weighted by molar-refractivity contribution is -0.181. The zero-order valence-corrected chi connectivity index (χ0v) is 20.2. The van der Waals surface area contributed by atoms with Gasteiger partial charge in [0.2, 0.25) is 5.60 Å². The topological polar surface area (TPSA) is 299 Å². The van der Waals surface area contributed by atoms with Crippen LogP contribution in [0.5, 0.6) is 0 Å². The largest absolute Gasteiger partial charge is 0.490 e. The third-order valence-corrected chi connectivity index (χ3v) is 8.48. The summed E-state index contributed by atoms with van der Waals surface area (Å²) in [6, 6.07) is 0.761. The van der Waals surface area contributed by atoms with E-state index in [1.807, 2.05) is 0 Å². The lowest BCUT2D eigenvalue weighted by Gasteiger charge is -2.37. The van der Waals surface area contributed by atoms with Crippen molar-refractivity contribution in [3.63, 3.8) is 0 Å². The molecule has 198 valence electrons. The minimum absolute atomic E-state index is 0.418. The van der Waals surface area contributed by atoms with Gasteiger partial charge in [-0.25, -0.2) is 18.5 Å². The Hall–Kier alpha value is -1.69. The second kappa shape index (κ2) is 9.64. The van der Waals surface area contributed by atoms with E-state index < -0.39 is 76.4 Å². The molecule has 0 radical (unpaired) electrons. The highest BCUT2D eigenvalue weighted by Gasteiger charge is 2.72. The Kier molecular flexibility index (Phi) is 8.14. The van der Waals surface area contributed by atoms with Crippen molar-refractivity contribution in [1.29, 1.82) is 0 Å². The summed E-state index contributed by atoms with van der Waals surface area (Å²) < 4.78 is 51.1. The highest BCUT2D eigenvalue weighted by molar-refractivity contribution is 7.66. The molecule has 1 saturated heterocycles. The first-order valence-corrected chi connectivity index (χ1v) is 13.4. The Balaban J connectivity index is 2.45. The lowest BCUT2D eigenvalue weighted by Crippen LogP contribution is -2.66. The number of hydrogen-bond donors (Lipinski definition) is 7. The number of ketones is 2. The molecule has 1 aromatic rings. The maximum absolute atomic E-state index is 12.4. The van der Waals surface area contributed by atoms with Crippen molar-refractivity contribution in [2.75, 3.05) is 6.61 Å². The highest BCUT2D eigenvalue weighted by Crippen LogP contribution is 2.66. The third-order valence-electron chi connectivity index (χ3n) is 4.68. The number of hydrogen-bond acceptors (Lipinski definition) is 13. The van der Waals surface area contributed by atoms with Crippen LogP contribution in [0.4, 0.5) is 0 Å². The van der Waals surface area contributed by atoms with E-state index >= 15 is 0 Å². The summed E-state index contributed by atoms with van der Waals surface area (Å²) in [5.41, 5.74) is -8.68. The van der Waals surface area contributed by atoms with Crippen LogP contribution in [0.2, 0.25) is 0 Å². The number of ether oxygens (including phenoxy) is 1. The Labute approximate surface area is 193 Å². The fourth-order valence-electron chi connectivity index (χ4n) is 3.23. The fourth-order valence-corrected chi connectivity index (χ4v) is 6.25. The van der Waals surface area contributed by atoms with Crippen LogP contribution in [0.3, 0.4) is 0 Å². The first-order valence-electron chi connectivity index (χ1n) is 8.88. The summed E-state index contributed by atoms with van der Waals surface area (Å²) in [6.07, 6.45) is -3.72. The van der Waals surface area contributed by atoms with Gasteiger partial charge in [-0.15, -0.1) is 0 Å². The summed E-state index contributed by atoms with van der Waals surface area (Å²) in [4.78, 5) is 85.8. The Morgan fingerprint density at radius 1 is 1.03 bits per heavy atom. The smallest absolute Gasteiger partial charge is 0.376 e. The second-order valence-electron chi connectivity index (χ2n) is 7.03. The van der Waals surface area contributed by atoms with Gasteiger partial charge in [-0.3, -0.25) is 28.5 Å². The van der Waals surface area contributed by atoms with E-state index in [1.165, 1.54) is 0 Å². The lowest BCUT2D eigenvalue weighted by atomic mass is 9.75. The molecule has 0 amide bonds. The monoisotopic (exact) mass is 568 g/mol. The first kappa shape index (κ1) is 29.5. The van der Waals surface area contributed by atoms with Crippen molar-refractivity contribution in [1.82, 2.24) is 9.55 Å². The number of aliphatic hydroxyl groups is 2. The standard InChI is InChI=1S/C13H19N2O17P3/c1-6(16)12(20)8(5-29-34(25,26)32-35(27,28)31-33(22,23)24)30-10(13(12,21)7(2)17)15-4-3-9(18)14-11(15)19/h3-4,8,10,20-21H,5H2,1-2H3,(H,25,26)(H,27,28)(H,14,18,19)(H2,22,23,24)/t8-,10-,12-,13+/m1/s1. The molecule has 7 N–H and O–H groups in total. The molecule has 6 atom stereocenters. The number of phosphoric acid groups is 3. The quantitative estimate of drug-likeness (QED) is 0.143. The molecule has 2 rings (SSSR count). The maximum Gasteiger partial charge on any atom is 0.490 e. The van der Waals surface area contributed by atoms with Crippen LogP contribution in [-0.2, 0) is 41.2 Å². The van der Waals surface area contributed by atoms with Gasteiger partial charge < -0.3 is 34.5 Å².